The van der Waals surface area contributed by atoms with Crippen LogP contribution in [0.1, 0.15) is 44.1 Å². The van der Waals surface area contributed by atoms with E-state index in [1.807, 2.05) is 29.0 Å². The van der Waals surface area contributed by atoms with Crippen LogP contribution in [0.15, 0.2) is 43.0 Å². The van der Waals surface area contributed by atoms with E-state index in [0.29, 0.717) is 35.7 Å². The second-order valence-electron chi connectivity index (χ2n) is 7.93. The highest BCUT2D eigenvalue weighted by Gasteiger charge is 2.49. The van der Waals surface area contributed by atoms with Crippen molar-refractivity contribution in [3.63, 3.8) is 0 Å². The smallest absolute Gasteiger partial charge is 0.256 e. The molecule has 6 nitrogen and oxygen atoms in total. The molecule has 0 bridgehead atoms. The molecule has 1 aliphatic heterocycles. The van der Waals surface area contributed by atoms with Gasteiger partial charge in [-0.1, -0.05) is 89.6 Å². The van der Waals surface area contributed by atoms with Gasteiger partial charge in [-0.05, 0) is 37.0 Å². The van der Waals surface area contributed by atoms with Gasteiger partial charge in [0.1, 0.15) is 12.7 Å². The SMILES string of the molecule is CCCC(Cn1cncn1)c1ccc(Cl)cc1Cl.O=C1C2CC=CCC2C(=O)N1SC(Cl)(Cl)Cl. The van der Waals surface area contributed by atoms with Crippen molar-refractivity contribution in [2.75, 3.05) is 0 Å². The summed E-state index contributed by atoms with van der Waals surface area (Å²) in [5.74, 6) is -0.734. The Kier molecular flexibility index (Phi) is 10.0. The normalized spacial score (nSPS) is 20.7. The summed E-state index contributed by atoms with van der Waals surface area (Å²) in [6.45, 7) is 2.95. The Labute approximate surface area is 228 Å². The minimum atomic E-state index is -1.69. The third-order valence-electron chi connectivity index (χ3n) is 5.58. The highest BCUT2D eigenvalue weighted by atomic mass is 35.6. The number of imide groups is 1. The molecular weight excluding hydrogens is 562 g/mol. The molecule has 1 aromatic carbocycles. The number of benzene rings is 1. The van der Waals surface area contributed by atoms with Gasteiger partial charge in [0.05, 0.1) is 11.8 Å². The summed E-state index contributed by atoms with van der Waals surface area (Å²) in [6, 6.07) is 5.68. The second kappa shape index (κ2) is 12.3. The quantitative estimate of drug-likeness (QED) is 0.157. The molecule has 3 atom stereocenters. The van der Waals surface area contributed by atoms with E-state index in [2.05, 4.69) is 17.0 Å². The summed E-state index contributed by atoms with van der Waals surface area (Å²) < 4.78 is 1.15. The molecule has 1 aromatic heterocycles. The Morgan fingerprint density at radius 3 is 2.26 bits per heavy atom. The molecule has 12 heteroatoms. The highest BCUT2D eigenvalue weighted by molar-refractivity contribution is 8.03. The van der Waals surface area contributed by atoms with Crippen molar-refractivity contribution in [2.45, 2.75) is 48.2 Å². The lowest BCUT2D eigenvalue weighted by molar-refractivity contribution is -0.133. The average Bonchev–Trinajstić information content (AvgIpc) is 3.36. The van der Waals surface area contributed by atoms with Crippen molar-refractivity contribution in [1.82, 2.24) is 19.1 Å². The van der Waals surface area contributed by atoms with Crippen LogP contribution in [0, 0.1) is 11.8 Å². The third kappa shape index (κ3) is 7.28. The van der Waals surface area contributed by atoms with E-state index in [-0.39, 0.29) is 23.7 Å². The molecule has 0 spiro atoms. The number of hydrogen-bond donors (Lipinski definition) is 0. The average molecular weight is 585 g/mol. The minimum absolute atomic E-state index is 0.254. The summed E-state index contributed by atoms with van der Waals surface area (Å²) in [4.78, 5) is 27.8. The number of halogens is 5. The number of aromatic nitrogens is 3. The van der Waals surface area contributed by atoms with Crippen molar-refractivity contribution >= 4 is 81.8 Å². The van der Waals surface area contributed by atoms with Crippen LogP contribution in [-0.2, 0) is 16.1 Å². The van der Waals surface area contributed by atoms with E-state index in [1.54, 1.807) is 18.7 Å². The van der Waals surface area contributed by atoms with Gasteiger partial charge in [0.2, 0.25) is 11.8 Å². The van der Waals surface area contributed by atoms with Crippen molar-refractivity contribution in [3.8, 4) is 0 Å². The zero-order valence-corrected chi connectivity index (χ0v) is 22.8. The Balaban J connectivity index is 0.000000192. The maximum Gasteiger partial charge on any atom is 0.256 e. The lowest BCUT2D eigenvalue weighted by Gasteiger charge is -2.18. The molecule has 2 heterocycles. The van der Waals surface area contributed by atoms with Crippen molar-refractivity contribution < 1.29 is 9.59 Å². The molecule has 1 saturated heterocycles. The lowest BCUT2D eigenvalue weighted by Crippen LogP contribution is -2.26. The van der Waals surface area contributed by atoms with E-state index in [4.69, 9.17) is 58.0 Å². The van der Waals surface area contributed by atoms with E-state index in [9.17, 15) is 9.59 Å². The van der Waals surface area contributed by atoms with Crippen molar-refractivity contribution in [1.29, 1.82) is 0 Å². The van der Waals surface area contributed by atoms with Gasteiger partial charge in [0.15, 0.2) is 0 Å². The molecule has 2 amide bonds. The molecule has 4 rings (SSSR count). The van der Waals surface area contributed by atoms with Crippen LogP contribution >= 0.6 is 70.0 Å². The molecule has 2 aromatic rings. The van der Waals surface area contributed by atoms with Gasteiger partial charge in [0, 0.05) is 34.5 Å². The van der Waals surface area contributed by atoms with Gasteiger partial charge in [-0.3, -0.25) is 14.3 Å². The van der Waals surface area contributed by atoms with E-state index >= 15 is 0 Å². The molecule has 0 saturated carbocycles. The van der Waals surface area contributed by atoms with Crippen LogP contribution in [0.5, 0.6) is 0 Å². The molecule has 184 valence electrons. The number of rotatable bonds is 6. The predicted molar refractivity (Wildman–Crippen MR) is 139 cm³/mol. The number of alkyl halides is 3. The van der Waals surface area contributed by atoms with Gasteiger partial charge in [-0.2, -0.15) is 5.10 Å². The monoisotopic (exact) mass is 582 g/mol. The number of nitrogens with zero attached hydrogens (tertiary/aromatic N) is 4. The summed E-state index contributed by atoms with van der Waals surface area (Å²) >= 11 is 29.6. The Hall–Kier alpha value is -0.960. The summed E-state index contributed by atoms with van der Waals surface area (Å²) in [5.41, 5.74) is 1.12. The van der Waals surface area contributed by atoms with Crippen LogP contribution < -0.4 is 0 Å². The van der Waals surface area contributed by atoms with Crippen LogP contribution in [0.2, 0.25) is 10.0 Å². The summed E-state index contributed by atoms with van der Waals surface area (Å²) in [5, 5.41) is 5.54. The van der Waals surface area contributed by atoms with Crippen LogP contribution in [0.25, 0.3) is 0 Å². The fourth-order valence-corrected chi connectivity index (χ4v) is 5.88. The van der Waals surface area contributed by atoms with Crippen LogP contribution in [-0.4, -0.2) is 34.0 Å². The van der Waals surface area contributed by atoms with Gasteiger partial charge >= 0.3 is 0 Å². The van der Waals surface area contributed by atoms with Gasteiger partial charge in [-0.15, -0.1) is 0 Å². The number of amides is 2. The largest absolute Gasteiger partial charge is 0.273 e. The van der Waals surface area contributed by atoms with Crippen LogP contribution in [0.3, 0.4) is 0 Å². The van der Waals surface area contributed by atoms with E-state index < -0.39 is 3.12 Å². The molecule has 3 unspecified atom stereocenters. The second-order valence-corrected chi connectivity index (χ2v) is 12.9. The van der Waals surface area contributed by atoms with Crippen LogP contribution in [0.4, 0.5) is 0 Å². The molecule has 34 heavy (non-hydrogen) atoms. The first kappa shape index (κ1) is 27.6. The topological polar surface area (TPSA) is 68.1 Å². The number of hydrogen-bond acceptors (Lipinski definition) is 5. The molecular formula is C22H23Cl5N4O2S. The Morgan fingerprint density at radius 1 is 1.12 bits per heavy atom. The van der Waals surface area contributed by atoms with E-state index in [1.165, 1.54) is 0 Å². The predicted octanol–water partition coefficient (Wildman–Crippen LogP) is 7.08. The molecule has 0 N–H and O–H groups in total. The first-order chi connectivity index (χ1) is 16.1. The first-order valence-electron chi connectivity index (χ1n) is 10.7. The standard InChI is InChI=1S/C13H15Cl2N3.C9H8Cl3NO2S/c1-2-3-10(7-18-9-16-8-17-18)12-5-4-11(14)6-13(12)15;10-9(11,12)16-13-7(14)5-3-1-2-4-6(5)8(13)15/h4-6,8-10H,2-3,7H2,1H3;1-2,5-6H,3-4H2. The fraction of sp³-hybridized carbons (Fsp3) is 0.455. The Morgan fingerprint density at radius 2 is 1.76 bits per heavy atom. The zero-order chi connectivity index (χ0) is 24.9. The maximum atomic E-state index is 11.9. The van der Waals surface area contributed by atoms with Crippen molar-refractivity contribution in [3.05, 3.63) is 58.6 Å². The molecule has 0 radical (unpaired) electrons. The molecule has 1 aliphatic carbocycles. The van der Waals surface area contributed by atoms with Gasteiger partial charge < -0.3 is 0 Å². The number of allylic oxidation sites excluding steroid dienone is 2. The lowest BCUT2D eigenvalue weighted by atomic mass is 9.85. The van der Waals surface area contributed by atoms with Crippen molar-refractivity contribution in [2.24, 2.45) is 11.8 Å². The van der Waals surface area contributed by atoms with Gasteiger partial charge in [-0.25, -0.2) is 9.29 Å². The number of carbonyl (C=O) groups is 2. The maximum absolute atomic E-state index is 11.9. The number of carbonyl (C=O) groups excluding carboxylic acids is 2. The third-order valence-corrected chi connectivity index (χ3v) is 7.51. The molecule has 1 fully saturated rings. The molecule has 2 aliphatic rings. The Bertz CT molecular complexity index is 1000. The summed E-state index contributed by atoms with van der Waals surface area (Å²) in [7, 11) is 0. The minimum Gasteiger partial charge on any atom is -0.273 e. The van der Waals surface area contributed by atoms with E-state index in [0.717, 1.165) is 34.3 Å². The first-order valence-corrected chi connectivity index (χ1v) is 13.3. The van der Waals surface area contributed by atoms with Gasteiger partial charge in [0.25, 0.3) is 3.12 Å². The fourth-order valence-electron chi connectivity index (χ4n) is 4.04. The summed E-state index contributed by atoms with van der Waals surface area (Å²) in [6.07, 6.45) is 10.4. The zero-order valence-electron chi connectivity index (χ0n) is 18.2. The number of fused-ring (bicyclic) bond motifs is 1. The highest BCUT2D eigenvalue weighted by Crippen LogP contribution is 2.46.